The molecule has 0 saturated carbocycles. The number of aliphatic carboxylic acids is 1. The maximum Gasteiger partial charge on any atom is 0.326 e. The first-order valence-electron chi connectivity index (χ1n) is 19.0. The summed E-state index contributed by atoms with van der Waals surface area (Å²) in [5.74, 6) is -4.86. The Labute approximate surface area is 326 Å². The van der Waals surface area contributed by atoms with Crippen molar-refractivity contribution in [2.24, 2.45) is 17.6 Å². The minimum atomic E-state index is -1.23. The van der Waals surface area contributed by atoms with Crippen molar-refractivity contribution in [3.05, 3.63) is 83.9 Å². The number of likely N-dealkylation sites (tertiary alicyclic amines) is 1. The lowest BCUT2D eigenvalue weighted by atomic mass is 9.96. The molecule has 1 aromatic heterocycles. The van der Waals surface area contributed by atoms with Gasteiger partial charge in [-0.2, -0.15) is 0 Å². The summed E-state index contributed by atoms with van der Waals surface area (Å²) in [7, 11) is 0. The number of aromatic amines is 1. The zero-order valence-electron chi connectivity index (χ0n) is 32.2. The number of nitrogens with zero attached hydrogens (tertiary/aromatic N) is 2. The SMILES string of the molecule is CCC(C)[C@H](NC(=O)[C@H](Cc1ccc(O)cc1)NC(=O)[C@@H](N)C(C)C)C(=O)N[C@@H](Cc1cnc[nH]1)C(=O)N1CCC[C@H]1C(=O)N[C@@H](Cc1ccccc1)C(=O)O. The molecule has 302 valence electrons. The van der Waals surface area contributed by atoms with Crippen LogP contribution in [-0.2, 0) is 48.0 Å². The standard InChI is InChI=1S/C40H54N8O8/c1-5-24(4)34(47-35(50)29(44-37(52)33(41)23(2)3)18-26-13-15-28(49)16-14-26)38(53)45-30(20-27-21-42-22-43-27)39(54)48-17-9-12-32(48)36(51)46-31(40(55)56)19-25-10-7-6-8-11-25/h6-8,10-11,13-16,21-24,29-34,49H,5,9,12,17-20,41H2,1-4H3,(H,42,43)(H,44,52)(H,45,53)(H,46,51)(H,47,50)(H,55,56)/t24?,29-,30-,31-,32-,33-,34-/m0/s1. The van der Waals surface area contributed by atoms with Gasteiger partial charge in [0.1, 0.15) is 36.0 Å². The maximum atomic E-state index is 14.3. The first kappa shape index (κ1) is 43.0. The molecule has 1 aliphatic heterocycles. The van der Waals surface area contributed by atoms with Crippen LogP contribution in [0.5, 0.6) is 5.75 Å². The number of carboxylic acid groups (broad SMARTS) is 1. The van der Waals surface area contributed by atoms with Crippen molar-refractivity contribution in [1.29, 1.82) is 0 Å². The summed E-state index contributed by atoms with van der Waals surface area (Å²) in [4.78, 5) is 89.6. The highest BCUT2D eigenvalue weighted by Gasteiger charge is 2.40. The van der Waals surface area contributed by atoms with Crippen LogP contribution < -0.4 is 27.0 Å². The van der Waals surface area contributed by atoms with Gasteiger partial charge < -0.3 is 47.1 Å². The molecule has 0 spiro atoms. The van der Waals surface area contributed by atoms with Gasteiger partial charge in [0.15, 0.2) is 0 Å². The number of nitrogens with one attached hydrogen (secondary N) is 5. The molecule has 1 aliphatic rings. The van der Waals surface area contributed by atoms with E-state index >= 15 is 0 Å². The first-order valence-corrected chi connectivity index (χ1v) is 19.0. The molecule has 56 heavy (non-hydrogen) atoms. The zero-order chi connectivity index (χ0) is 40.9. The van der Waals surface area contributed by atoms with Crippen LogP contribution in [0, 0.1) is 11.8 Å². The molecular weight excluding hydrogens is 720 g/mol. The van der Waals surface area contributed by atoms with Crippen molar-refractivity contribution in [1.82, 2.24) is 36.1 Å². The molecule has 9 N–H and O–H groups in total. The van der Waals surface area contributed by atoms with E-state index in [-0.39, 0.29) is 37.5 Å². The lowest BCUT2D eigenvalue weighted by molar-refractivity contribution is -0.145. The second-order valence-electron chi connectivity index (χ2n) is 14.7. The van der Waals surface area contributed by atoms with E-state index in [1.807, 2.05) is 6.92 Å². The van der Waals surface area contributed by atoms with Gasteiger partial charge >= 0.3 is 5.97 Å². The molecule has 3 aromatic rings. The van der Waals surface area contributed by atoms with E-state index in [2.05, 4.69) is 31.2 Å². The summed E-state index contributed by atoms with van der Waals surface area (Å²) >= 11 is 0. The Morgan fingerprint density at radius 3 is 2.09 bits per heavy atom. The second-order valence-corrected chi connectivity index (χ2v) is 14.7. The molecule has 0 radical (unpaired) electrons. The Balaban J connectivity index is 1.55. The lowest BCUT2D eigenvalue weighted by Crippen LogP contribution is -2.61. The van der Waals surface area contributed by atoms with E-state index in [1.165, 1.54) is 29.6 Å². The summed E-state index contributed by atoms with van der Waals surface area (Å²) in [6.07, 6.45) is 4.24. The van der Waals surface area contributed by atoms with Gasteiger partial charge in [-0.05, 0) is 47.9 Å². The predicted molar refractivity (Wildman–Crippen MR) is 207 cm³/mol. The molecule has 7 atom stereocenters. The van der Waals surface area contributed by atoms with E-state index in [9.17, 15) is 39.0 Å². The summed E-state index contributed by atoms with van der Waals surface area (Å²) < 4.78 is 0. The van der Waals surface area contributed by atoms with Crippen LogP contribution in [0.25, 0.3) is 0 Å². The average molecular weight is 775 g/mol. The van der Waals surface area contributed by atoms with Crippen LogP contribution in [0.1, 0.15) is 63.8 Å². The number of carbonyl (C=O) groups excluding carboxylic acids is 5. The highest BCUT2D eigenvalue weighted by atomic mass is 16.4. The number of amides is 5. The van der Waals surface area contributed by atoms with Crippen LogP contribution in [0.3, 0.4) is 0 Å². The van der Waals surface area contributed by atoms with E-state index in [4.69, 9.17) is 5.73 Å². The molecule has 2 heterocycles. The molecule has 2 aromatic carbocycles. The summed E-state index contributed by atoms with van der Waals surface area (Å²) in [6.45, 7) is 7.37. The second kappa shape index (κ2) is 20.2. The normalized spacial score (nSPS) is 17.2. The fourth-order valence-electron chi connectivity index (χ4n) is 6.50. The number of phenols is 1. The van der Waals surface area contributed by atoms with Crippen molar-refractivity contribution in [2.45, 2.75) is 102 Å². The van der Waals surface area contributed by atoms with E-state index in [0.717, 1.165) is 5.56 Å². The fourth-order valence-corrected chi connectivity index (χ4v) is 6.50. The number of hydrogen-bond donors (Lipinski definition) is 8. The molecule has 5 amide bonds. The van der Waals surface area contributed by atoms with Gasteiger partial charge in [-0.25, -0.2) is 9.78 Å². The average Bonchev–Trinajstić information content (AvgIpc) is 3.89. The van der Waals surface area contributed by atoms with Gasteiger partial charge in [-0.1, -0.05) is 76.6 Å². The monoisotopic (exact) mass is 774 g/mol. The third kappa shape index (κ3) is 11.9. The summed E-state index contributed by atoms with van der Waals surface area (Å²) in [5, 5.41) is 30.6. The molecule has 4 rings (SSSR count). The van der Waals surface area contributed by atoms with Crippen LogP contribution >= 0.6 is 0 Å². The molecule has 16 heteroatoms. The number of phenolic OH excluding ortho intramolecular Hbond substituents is 1. The van der Waals surface area contributed by atoms with Crippen LogP contribution in [-0.4, -0.2) is 103 Å². The smallest absolute Gasteiger partial charge is 0.326 e. The molecule has 1 unspecified atom stereocenters. The molecule has 0 bridgehead atoms. The highest BCUT2D eigenvalue weighted by Crippen LogP contribution is 2.21. The van der Waals surface area contributed by atoms with E-state index in [0.29, 0.717) is 30.5 Å². The van der Waals surface area contributed by atoms with Crippen molar-refractivity contribution >= 4 is 35.5 Å². The van der Waals surface area contributed by atoms with Crippen LogP contribution in [0.4, 0.5) is 0 Å². The third-order valence-corrected chi connectivity index (χ3v) is 10.2. The Bertz CT molecular complexity index is 1790. The van der Waals surface area contributed by atoms with Gasteiger partial charge in [-0.15, -0.1) is 0 Å². The number of aromatic nitrogens is 2. The first-order chi connectivity index (χ1) is 26.7. The van der Waals surface area contributed by atoms with Gasteiger partial charge in [0, 0.05) is 37.7 Å². The number of hydrogen-bond acceptors (Lipinski definition) is 9. The molecule has 1 fully saturated rings. The zero-order valence-corrected chi connectivity index (χ0v) is 32.2. The van der Waals surface area contributed by atoms with Crippen molar-refractivity contribution < 1.29 is 39.0 Å². The Morgan fingerprint density at radius 2 is 1.48 bits per heavy atom. The number of rotatable bonds is 19. The Hall–Kier alpha value is -5.77. The summed E-state index contributed by atoms with van der Waals surface area (Å²) in [6, 6.07) is 8.44. The minimum absolute atomic E-state index is 0.0189. The Kier molecular flexibility index (Phi) is 15.5. The third-order valence-electron chi connectivity index (χ3n) is 10.2. The van der Waals surface area contributed by atoms with Gasteiger partial charge in [-0.3, -0.25) is 24.0 Å². The van der Waals surface area contributed by atoms with Crippen molar-refractivity contribution in [3.63, 3.8) is 0 Å². The van der Waals surface area contributed by atoms with Crippen LogP contribution in [0.2, 0.25) is 0 Å². The van der Waals surface area contributed by atoms with E-state index < -0.39 is 77.7 Å². The number of imidazole rings is 1. The molecule has 16 nitrogen and oxygen atoms in total. The maximum absolute atomic E-state index is 14.3. The molecular formula is C40H54N8O8. The number of nitrogens with two attached hydrogens (primary N) is 1. The fraction of sp³-hybridized carbons (Fsp3) is 0.475. The van der Waals surface area contributed by atoms with Gasteiger partial charge in [0.2, 0.25) is 29.5 Å². The predicted octanol–water partition coefficient (Wildman–Crippen LogP) is 1.19. The van der Waals surface area contributed by atoms with Crippen LogP contribution in [0.15, 0.2) is 67.1 Å². The molecule has 1 saturated heterocycles. The number of carboxylic acids is 1. The van der Waals surface area contributed by atoms with Gasteiger partial charge in [0.05, 0.1) is 12.4 Å². The van der Waals surface area contributed by atoms with Gasteiger partial charge in [0.25, 0.3) is 0 Å². The largest absolute Gasteiger partial charge is 0.508 e. The van der Waals surface area contributed by atoms with Crippen molar-refractivity contribution in [2.75, 3.05) is 6.54 Å². The number of benzene rings is 2. The number of H-pyrrole nitrogens is 1. The summed E-state index contributed by atoms with van der Waals surface area (Å²) in [5.41, 5.74) is 7.98. The Morgan fingerprint density at radius 1 is 0.839 bits per heavy atom. The minimum Gasteiger partial charge on any atom is -0.508 e. The number of aromatic hydroxyl groups is 1. The molecule has 0 aliphatic carbocycles. The van der Waals surface area contributed by atoms with E-state index in [1.54, 1.807) is 63.2 Å². The number of carbonyl (C=O) groups is 6. The quantitative estimate of drug-likeness (QED) is 0.0864. The topological polar surface area (TPSA) is 249 Å². The van der Waals surface area contributed by atoms with Crippen molar-refractivity contribution in [3.8, 4) is 5.75 Å². The highest BCUT2D eigenvalue weighted by molar-refractivity contribution is 5.97. The lowest BCUT2D eigenvalue weighted by Gasteiger charge is -2.31.